The first-order chi connectivity index (χ1) is 10.7. The molecule has 2 atom stereocenters. The Morgan fingerprint density at radius 3 is 2.73 bits per heavy atom. The van der Waals surface area contributed by atoms with Crippen molar-refractivity contribution in [1.82, 2.24) is 0 Å². The van der Waals surface area contributed by atoms with Gasteiger partial charge in [-0.25, -0.2) is 4.39 Å². The van der Waals surface area contributed by atoms with Gasteiger partial charge in [0.25, 0.3) is 0 Å². The number of benzene rings is 2. The van der Waals surface area contributed by atoms with E-state index in [1.165, 1.54) is 6.07 Å². The van der Waals surface area contributed by atoms with E-state index in [4.69, 9.17) is 5.73 Å². The van der Waals surface area contributed by atoms with Gasteiger partial charge in [0.15, 0.2) is 0 Å². The van der Waals surface area contributed by atoms with Gasteiger partial charge in [-0.15, -0.1) is 0 Å². The Morgan fingerprint density at radius 2 is 2.00 bits per heavy atom. The molecule has 0 amide bonds. The molecule has 22 heavy (non-hydrogen) atoms. The van der Waals surface area contributed by atoms with Crippen molar-refractivity contribution in [3.05, 3.63) is 65.5 Å². The van der Waals surface area contributed by atoms with Crippen molar-refractivity contribution in [3.63, 3.8) is 0 Å². The minimum absolute atomic E-state index is 0.222. The zero-order chi connectivity index (χ0) is 15.5. The van der Waals surface area contributed by atoms with E-state index in [1.807, 2.05) is 30.3 Å². The number of nitrogens with zero attached hydrogens (tertiary/aromatic N) is 1. The molecule has 0 radical (unpaired) electrons. The van der Waals surface area contributed by atoms with Crippen LogP contribution in [0.2, 0.25) is 0 Å². The van der Waals surface area contributed by atoms with Gasteiger partial charge in [0, 0.05) is 18.8 Å². The van der Waals surface area contributed by atoms with Crippen LogP contribution in [0.3, 0.4) is 0 Å². The first kappa shape index (κ1) is 15.0. The van der Waals surface area contributed by atoms with E-state index in [0.717, 1.165) is 29.8 Å². The van der Waals surface area contributed by atoms with E-state index in [-0.39, 0.29) is 11.7 Å². The van der Waals surface area contributed by atoms with Gasteiger partial charge in [-0.3, -0.25) is 0 Å². The molecule has 0 bridgehead atoms. The number of hydrogen-bond donors (Lipinski definition) is 2. The molecule has 0 fully saturated rings. The number of hydrogen-bond acceptors (Lipinski definition) is 3. The third-order valence-corrected chi connectivity index (χ3v) is 4.28. The highest BCUT2D eigenvalue weighted by Gasteiger charge is 2.25. The lowest BCUT2D eigenvalue weighted by Gasteiger charge is -2.37. The molecule has 0 aliphatic carbocycles. The van der Waals surface area contributed by atoms with E-state index in [2.05, 4.69) is 4.90 Å². The first-order valence-electron chi connectivity index (χ1n) is 7.64. The number of β-amino-alcohol motifs (C(OH)–C–C–N with tert-alkyl or cyclic N) is 1. The number of rotatable bonds is 4. The molecule has 116 valence electrons. The quantitative estimate of drug-likeness (QED) is 0.912. The molecule has 1 aliphatic heterocycles. The lowest BCUT2D eigenvalue weighted by molar-refractivity contribution is 0.181. The maximum atomic E-state index is 13.5. The first-order valence-corrected chi connectivity index (χ1v) is 7.64. The van der Waals surface area contributed by atoms with Gasteiger partial charge in [0.05, 0.1) is 6.10 Å². The van der Waals surface area contributed by atoms with Crippen LogP contribution in [0, 0.1) is 11.7 Å². The molecule has 3 N–H and O–H groups in total. The Labute approximate surface area is 130 Å². The molecule has 0 saturated heterocycles. The summed E-state index contributed by atoms with van der Waals surface area (Å²) in [5.74, 6) is 0.0669. The highest BCUT2D eigenvalue weighted by molar-refractivity contribution is 5.56. The fourth-order valence-electron chi connectivity index (χ4n) is 3.13. The van der Waals surface area contributed by atoms with Gasteiger partial charge in [0.1, 0.15) is 5.82 Å². The van der Waals surface area contributed by atoms with Gasteiger partial charge in [-0.2, -0.15) is 0 Å². The Bertz CT molecular complexity index is 632. The molecule has 1 unspecified atom stereocenters. The van der Waals surface area contributed by atoms with Crippen molar-refractivity contribution >= 4 is 5.69 Å². The molecule has 3 rings (SSSR count). The van der Waals surface area contributed by atoms with Gasteiger partial charge < -0.3 is 15.7 Å². The van der Waals surface area contributed by atoms with Crippen LogP contribution in [0.4, 0.5) is 10.1 Å². The van der Waals surface area contributed by atoms with E-state index in [0.29, 0.717) is 13.1 Å². The second-order valence-corrected chi connectivity index (χ2v) is 5.91. The molecule has 0 spiro atoms. The third-order valence-electron chi connectivity index (χ3n) is 4.28. The van der Waals surface area contributed by atoms with E-state index in [1.54, 1.807) is 12.1 Å². The average molecular weight is 300 g/mol. The average Bonchev–Trinajstić information content (AvgIpc) is 2.55. The summed E-state index contributed by atoms with van der Waals surface area (Å²) in [5.41, 5.74) is 8.68. The summed E-state index contributed by atoms with van der Waals surface area (Å²) in [6.07, 6.45) is 0.220. The van der Waals surface area contributed by atoms with Crippen molar-refractivity contribution in [2.75, 3.05) is 24.5 Å². The highest BCUT2D eigenvalue weighted by atomic mass is 19.1. The Hall–Kier alpha value is -1.91. The number of aliphatic hydroxyl groups excluding tert-OH is 1. The summed E-state index contributed by atoms with van der Waals surface area (Å²) in [6.45, 7) is 1.84. The van der Waals surface area contributed by atoms with E-state index < -0.39 is 6.10 Å². The monoisotopic (exact) mass is 300 g/mol. The van der Waals surface area contributed by atoms with Crippen LogP contribution in [0.1, 0.15) is 17.2 Å². The third kappa shape index (κ3) is 3.13. The van der Waals surface area contributed by atoms with Crippen molar-refractivity contribution < 1.29 is 9.50 Å². The predicted molar refractivity (Wildman–Crippen MR) is 86.3 cm³/mol. The molecule has 2 aromatic rings. The van der Waals surface area contributed by atoms with Gasteiger partial charge >= 0.3 is 0 Å². The van der Waals surface area contributed by atoms with Crippen LogP contribution in [-0.4, -0.2) is 24.7 Å². The van der Waals surface area contributed by atoms with E-state index >= 15 is 0 Å². The molecular formula is C18H21FN2O. The topological polar surface area (TPSA) is 49.5 Å². The summed E-state index contributed by atoms with van der Waals surface area (Å²) in [6, 6.07) is 14.5. The summed E-state index contributed by atoms with van der Waals surface area (Å²) in [4.78, 5) is 2.12. The minimum atomic E-state index is -0.573. The summed E-state index contributed by atoms with van der Waals surface area (Å²) >= 11 is 0. The Balaban J connectivity index is 1.84. The van der Waals surface area contributed by atoms with Crippen molar-refractivity contribution in [1.29, 1.82) is 0 Å². The van der Waals surface area contributed by atoms with Crippen LogP contribution in [0.25, 0.3) is 0 Å². The molecule has 0 saturated carbocycles. The SMILES string of the molecule is NCC1Cc2cc(F)ccc2N(C[C@@H](O)c2ccccc2)C1. The maximum Gasteiger partial charge on any atom is 0.123 e. The number of anilines is 1. The molecule has 4 heteroatoms. The summed E-state index contributed by atoms with van der Waals surface area (Å²) < 4.78 is 13.5. The lowest BCUT2D eigenvalue weighted by atomic mass is 9.92. The van der Waals surface area contributed by atoms with Crippen LogP contribution in [-0.2, 0) is 6.42 Å². The van der Waals surface area contributed by atoms with Gasteiger partial charge in [-0.05, 0) is 48.2 Å². The standard InChI is InChI=1S/C18H21FN2O/c19-16-6-7-17-15(9-16)8-13(10-20)11-21(17)12-18(22)14-4-2-1-3-5-14/h1-7,9,13,18,22H,8,10-12,20H2/t13?,18-/m1/s1. The zero-order valence-corrected chi connectivity index (χ0v) is 12.5. The molecule has 2 aromatic carbocycles. The molecule has 1 heterocycles. The van der Waals surface area contributed by atoms with Crippen LogP contribution >= 0.6 is 0 Å². The minimum Gasteiger partial charge on any atom is -0.387 e. The molecular weight excluding hydrogens is 279 g/mol. The molecule has 0 aromatic heterocycles. The van der Waals surface area contributed by atoms with Crippen molar-refractivity contribution in [2.45, 2.75) is 12.5 Å². The Morgan fingerprint density at radius 1 is 1.23 bits per heavy atom. The number of nitrogens with two attached hydrogens (primary N) is 1. The van der Waals surface area contributed by atoms with Gasteiger partial charge in [-0.1, -0.05) is 30.3 Å². The number of fused-ring (bicyclic) bond motifs is 1. The van der Waals surface area contributed by atoms with Crippen LogP contribution in [0.5, 0.6) is 0 Å². The maximum absolute atomic E-state index is 13.5. The second-order valence-electron chi connectivity index (χ2n) is 5.91. The van der Waals surface area contributed by atoms with Crippen LogP contribution in [0.15, 0.2) is 48.5 Å². The number of aliphatic hydroxyl groups is 1. The molecule has 3 nitrogen and oxygen atoms in total. The van der Waals surface area contributed by atoms with Crippen LogP contribution < -0.4 is 10.6 Å². The summed E-state index contributed by atoms with van der Waals surface area (Å²) in [7, 11) is 0. The second kappa shape index (κ2) is 6.46. The van der Waals surface area contributed by atoms with E-state index in [9.17, 15) is 9.50 Å². The predicted octanol–water partition coefficient (Wildman–Crippen LogP) is 2.50. The zero-order valence-electron chi connectivity index (χ0n) is 12.5. The Kier molecular flexibility index (Phi) is 4.41. The van der Waals surface area contributed by atoms with Crippen molar-refractivity contribution in [3.8, 4) is 0 Å². The van der Waals surface area contributed by atoms with Gasteiger partial charge in [0.2, 0.25) is 0 Å². The fraction of sp³-hybridized carbons (Fsp3) is 0.333. The molecule has 1 aliphatic rings. The van der Waals surface area contributed by atoms with Crippen molar-refractivity contribution in [2.24, 2.45) is 11.7 Å². The smallest absolute Gasteiger partial charge is 0.123 e. The number of halogens is 1. The largest absolute Gasteiger partial charge is 0.387 e. The fourth-order valence-corrected chi connectivity index (χ4v) is 3.13. The normalized spacial score (nSPS) is 18.9. The lowest BCUT2D eigenvalue weighted by Crippen LogP contribution is -2.40. The summed E-state index contributed by atoms with van der Waals surface area (Å²) in [5, 5.41) is 10.5. The highest BCUT2D eigenvalue weighted by Crippen LogP contribution is 2.31.